The Hall–Kier alpha value is -1.44. The van der Waals surface area contributed by atoms with Crippen LogP contribution in [0.4, 0.5) is 0 Å². The van der Waals surface area contributed by atoms with Crippen LogP contribution in [0.3, 0.4) is 0 Å². The monoisotopic (exact) mass is 363 g/mol. The molecule has 2 aromatic rings. The van der Waals surface area contributed by atoms with Crippen LogP contribution in [0.5, 0.6) is 5.88 Å². The normalized spacial score (nSPS) is 28.8. The predicted molar refractivity (Wildman–Crippen MR) is 97.0 cm³/mol. The number of ether oxygens (including phenoxy) is 1. The molecule has 2 atom stereocenters. The van der Waals surface area contributed by atoms with Crippen molar-refractivity contribution < 1.29 is 9.53 Å². The van der Waals surface area contributed by atoms with E-state index in [1.54, 1.807) is 7.11 Å². The Morgan fingerprint density at radius 3 is 2.83 bits per heavy atom. The van der Waals surface area contributed by atoms with E-state index in [0.29, 0.717) is 17.8 Å². The van der Waals surface area contributed by atoms with Crippen molar-refractivity contribution in [2.24, 2.45) is 5.92 Å². The van der Waals surface area contributed by atoms with E-state index >= 15 is 0 Å². The minimum Gasteiger partial charge on any atom is -0.480 e. The van der Waals surface area contributed by atoms with Crippen LogP contribution in [0.1, 0.15) is 29.4 Å². The predicted octanol–water partition coefficient (Wildman–Crippen LogP) is 3.09. The van der Waals surface area contributed by atoms with E-state index < -0.39 is 0 Å². The maximum Gasteiger partial charge on any atom is 0.261 e. The Labute approximate surface area is 149 Å². The van der Waals surface area contributed by atoms with Crippen LogP contribution in [0.2, 0.25) is 0 Å². The highest BCUT2D eigenvalue weighted by molar-refractivity contribution is 7.22. The molecule has 0 radical (unpaired) electrons. The molecule has 5 heterocycles. The number of carbonyl (C=O) groups excluding carboxylic acids is 1. The number of fused-ring (bicyclic) bond motifs is 3. The number of hydrogen-bond acceptors (Lipinski definition) is 6. The zero-order valence-electron chi connectivity index (χ0n) is 13.8. The van der Waals surface area contributed by atoms with E-state index in [-0.39, 0.29) is 11.9 Å². The highest BCUT2D eigenvalue weighted by Gasteiger charge is 2.40. The first-order valence-electron chi connectivity index (χ1n) is 8.30. The molecule has 7 heteroatoms. The summed E-state index contributed by atoms with van der Waals surface area (Å²) in [5.74, 6) is 1.28. The van der Waals surface area contributed by atoms with E-state index in [2.05, 4.69) is 22.1 Å². The lowest BCUT2D eigenvalue weighted by atomic mass is 9.79. The van der Waals surface area contributed by atoms with Gasteiger partial charge in [0.05, 0.1) is 22.2 Å². The van der Waals surface area contributed by atoms with Crippen LogP contribution in [0.15, 0.2) is 17.5 Å². The van der Waals surface area contributed by atoms with Gasteiger partial charge >= 0.3 is 0 Å². The average molecular weight is 364 g/mol. The van der Waals surface area contributed by atoms with Crippen molar-refractivity contribution in [1.29, 1.82) is 0 Å². The highest BCUT2D eigenvalue weighted by atomic mass is 32.1. The SMILES string of the molecule is COc1csc(-c2ccc(C(=O)NC3C4CCN(CC4)C3C)s2)n1. The maximum atomic E-state index is 12.7. The van der Waals surface area contributed by atoms with Crippen LogP contribution in [-0.2, 0) is 0 Å². The van der Waals surface area contributed by atoms with Gasteiger partial charge in [0.25, 0.3) is 5.91 Å². The number of thiazole rings is 1. The molecule has 5 rings (SSSR count). The first-order chi connectivity index (χ1) is 11.7. The molecule has 24 heavy (non-hydrogen) atoms. The number of piperidine rings is 3. The molecule has 1 amide bonds. The van der Waals surface area contributed by atoms with Gasteiger partial charge in [0.15, 0.2) is 0 Å². The molecule has 2 aromatic heterocycles. The van der Waals surface area contributed by atoms with Crippen molar-refractivity contribution in [1.82, 2.24) is 15.2 Å². The van der Waals surface area contributed by atoms with Gasteiger partial charge in [0.1, 0.15) is 5.01 Å². The lowest BCUT2D eigenvalue weighted by Crippen LogP contribution is -2.62. The molecule has 2 unspecified atom stereocenters. The van der Waals surface area contributed by atoms with Gasteiger partial charge in [-0.3, -0.25) is 9.69 Å². The largest absolute Gasteiger partial charge is 0.480 e. The summed E-state index contributed by atoms with van der Waals surface area (Å²) in [4.78, 5) is 21.3. The summed E-state index contributed by atoms with van der Waals surface area (Å²) in [6.45, 7) is 4.58. The molecule has 1 N–H and O–H groups in total. The zero-order valence-corrected chi connectivity index (χ0v) is 15.5. The van der Waals surface area contributed by atoms with E-state index in [9.17, 15) is 4.79 Å². The van der Waals surface area contributed by atoms with Crippen LogP contribution in [0.25, 0.3) is 9.88 Å². The lowest BCUT2D eigenvalue weighted by Gasteiger charge is -2.49. The van der Waals surface area contributed by atoms with Gasteiger partial charge in [-0.25, -0.2) is 4.98 Å². The molecule has 3 aliphatic rings. The number of nitrogens with zero attached hydrogens (tertiary/aromatic N) is 2. The molecular formula is C17H21N3O2S2. The molecule has 3 fully saturated rings. The minimum absolute atomic E-state index is 0.0420. The van der Waals surface area contributed by atoms with Gasteiger partial charge in [-0.1, -0.05) is 0 Å². The van der Waals surface area contributed by atoms with Gasteiger partial charge in [-0.05, 0) is 50.9 Å². The summed E-state index contributed by atoms with van der Waals surface area (Å²) in [5.41, 5.74) is 0. The Morgan fingerprint density at radius 2 is 2.17 bits per heavy atom. The van der Waals surface area contributed by atoms with Crippen LogP contribution < -0.4 is 10.1 Å². The summed E-state index contributed by atoms with van der Waals surface area (Å²) >= 11 is 3.03. The summed E-state index contributed by atoms with van der Waals surface area (Å²) in [6.07, 6.45) is 2.40. The van der Waals surface area contributed by atoms with Crippen molar-refractivity contribution in [3.8, 4) is 15.8 Å². The third-order valence-corrected chi connectivity index (χ3v) is 7.28. The standard InChI is InChI=1S/C17H21N3O2S2/c1-10-15(11-5-7-20(10)8-6-11)19-16(21)12-3-4-13(24-12)17-18-14(22-2)9-23-17/h3-4,9-11,15H,5-8H2,1-2H3,(H,19,21). The molecule has 3 saturated heterocycles. The fourth-order valence-corrected chi connectivity index (χ4v) is 5.56. The number of hydrogen-bond donors (Lipinski definition) is 1. The van der Waals surface area contributed by atoms with Crippen LogP contribution >= 0.6 is 22.7 Å². The average Bonchev–Trinajstić information content (AvgIpc) is 3.27. The minimum atomic E-state index is 0.0420. The third kappa shape index (κ3) is 2.85. The van der Waals surface area contributed by atoms with Gasteiger partial charge in [-0.2, -0.15) is 0 Å². The number of rotatable bonds is 4. The highest BCUT2D eigenvalue weighted by Crippen LogP contribution is 2.34. The van der Waals surface area contributed by atoms with E-state index in [1.165, 1.54) is 48.6 Å². The molecule has 0 spiro atoms. The second-order valence-corrected chi connectivity index (χ2v) is 8.41. The second-order valence-electron chi connectivity index (χ2n) is 6.47. The topological polar surface area (TPSA) is 54.5 Å². The molecular weight excluding hydrogens is 342 g/mol. The van der Waals surface area contributed by atoms with Crippen molar-refractivity contribution >= 4 is 28.6 Å². The third-order valence-electron chi connectivity index (χ3n) is 5.21. The number of thiophene rings is 1. The first kappa shape index (κ1) is 16.1. The van der Waals surface area contributed by atoms with E-state index in [0.717, 1.165) is 14.8 Å². The fraction of sp³-hybridized carbons (Fsp3) is 0.529. The first-order valence-corrected chi connectivity index (χ1v) is 10.00. The molecule has 5 nitrogen and oxygen atoms in total. The molecule has 0 aromatic carbocycles. The summed E-state index contributed by atoms with van der Waals surface area (Å²) in [5, 5.41) is 6.06. The molecule has 0 saturated carbocycles. The number of carbonyl (C=O) groups is 1. The van der Waals surface area contributed by atoms with Crippen molar-refractivity contribution in [3.05, 3.63) is 22.4 Å². The Bertz CT molecular complexity index is 732. The van der Waals surface area contributed by atoms with E-state index in [4.69, 9.17) is 4.74 Å². The lowest BCUT2D eigenvalue weighted by molar-refractivity contribution is 0.0218. The van der Waals surface area contributed by atoms with Crippen LogP contribution in [-0.4, -0.2) is 48.1 Å². The number of nitrogens with one attached hydrogen (secondary N) is 1. The molecule has 3 aliphatic heterocycles. The van der Waals surface area contributed by atoms with Gasteiger partial charge < -0.3 is 10.1 Å². The Kier molecular flexibility index (Phi) is 4.32. The molecule has 128 valence electrons. The van der Waals surface area contributed by atoms with Crippen molar-refractivity contribution in [2.75, 3.05) is 20.2 Å². The summed E-state index contributed by atoms with van der Waals surface area (Å²) in [7, 11) is 1.61. The number of amides is 1. The van der Waals surface area contributed by atoms with Crippen molar-refractivity contribution in [3.63, 3.8) is 0 Å². The number of methoxy groups -OCH3 is 1. The van der Waals surface area contributed by atoms with Gasteiger partial charge in [0.2, 0.25) is 5.88 Å². The van der Waals surface area contributed by atoms with E-state index in [1.807, 2.05) is 17.5 Å². The van der Waals surface area contributed by atoms with Gasteiger partial charge in [-0.15, -0.1) is 22.7 Å². The summed E-state index contributed by atoms with van der Waals surface area (Å²) in [6, 6.07) is 4.57. The quantitative estimate of drug-likeness (QED) is 0.907. The van der Waals surface area contributed by atoms with Crippen LogP contribution in [0, 0.1) is 5.92 Å². The number of aromatic nitrogens is 1. The maximum absolute atomic E-state index is 12.7. The fourth-order valence-electron chi connectivity index (χ4n) is 3.81. The zero-order chi connectivity index (χ0) is 16.7. The molecule has 2 bridgehead atoms. The Balaban J connectivity index is 1.47. The molecule has 0 aliphatic carbocycles. The Morgan fingerprint density at radius 1 is 1.38 bits per heavy atom. The summed E-state index contributed by atoms with van der Waals surface area (Å²) < 4.78 is 5.13. The van der Waals surface area contributed by atoms with Crippen molar-refractivity contribution in [2.45, 2.75) is 31.8 Å². The smallest absolute Gasteiger partial charge is 0.261 e. The second kappa shape index (κ2) is 6.46. The van der Waals surface area contributed by atoms with Gasteiger partial charge in [0, 0.05) is 12.1 Å².